The van der Waals surface area contributed by atoms with Gasteiger partial charge in [0.05, 0.1) is 11.7 Å². The Morgan fingerprint density at radius 1 is 1.20 bits per heavy atom. The molecule has 0 aromatic rings. The first-order valence-electron chi connectivity index (χ1n) is 13.9. The second kappa shape index (κ2) is 12.0. The van der Waals surface area contributed by atoms with Crippen molar-refractivity contribution in [3.63, 3.8) is 0 Å². The van der Waals surface area contributed by atoms with Crippen molar-refractivity contribution >= 4 is 0 Å². The minimum Gasteiger partial charge on any atom is -0.396 e. The first kappa shape index (κ1) is 28.6. The van der Waals surface area contributed by atoms with Crippen LogP contribution in [0.5, 0.6) is 0 Å². The minimum atomic E-state index is -0.830. The van der Waals surface area contributed by atoms with Crippen LogP contribution in [-0.2, 0) is 4.74 Å². The van der Waals surface area contributed by atoms with Crippen molar-refractivity contribution in [2.45, 2.75) is 116 Å². The number of aliphatic hydroxyl groups excluding tert-OH is 3. The summed E-state index contributed by atoms with van der Waals surface area (Å²) in [7, 11) is 0. The molecule has 1 saturated carbocycles. The van der Waals surface area contributed by atoms with Crippen LogP contribution in [0.2, 0.25) is 0 Å². The molecule has 0 radical (unpaired) electrons. The molecule has 0 aliphatic heterocycles. The smallest absolute Gasteiger partial charge is 0.113 e. The highest BCUT2D eigenvalue weighted by Gasteiger charge is 2.49. The van der Waals surface area contributed by atoms with Crippen molar-refractivity contribution in [1.29, 1.82) is 0 Å². The molecule has 0 bridgehead atoms. The fourth-order valence-corrected chi connectivity index (χ4v) is 7.07. The minimum absolute atomic E-state index is 0.0391. The quantitative estimate of drug-likeness (QED) is 0.303. The Kier molecular flexibility index (Phi) is 9.84. The summed E-state index contributed by atoms with van der Waals surface area (Å²) in [5.41, 5.74) is 3.00. The van der Waals surface area contributed by atoms with Crippen LogP contribution < -0.4 is 0 Å². The summed E-state index contributed by atoms with van der Waals surface area (Å²) in [6.45, 7) is 11.0. The van der Waals surface area contributed by atoms with E-state index >= 15 is 0 Å². The van der Waals surface area contributed by atoms with Crippen LogP contribution in [0.1, 0.15) is 92.4 Å². The molecule has 200 valence electrons. The molecule has 1 fully saturated rings. The van der Waals surface area contributed by atoms with Gasteiger partial charge in [-0.3, -0.25) is 0 Å². The van der Waals surface area contributed by atoms with Gasteiger partial charge in [0.25, 0.3) is 0 Å². The molecule has 4 N–H and O–H groups in total. The van der Waals surface area contributed by atoms with E-state index in [1.54, 1.807) is 0 Å². The monoisotopic (exact) mass is 490 g/mol. The van der Waals surface area contributed by atoms with Gasteiger partial charge in [-0.2, -0.15) is 0 Å². The zero-order valence-corrected chi connectivity index (χ0v) is 22.7. The van der Waals surface area contributed by atoms with Gasteiger partial charge in [-0.15, -0.1) is 0 Å². The molecular weight excluding hydrogens is 440 g/mol. The lowest BCUT2D eigenvalue weighted by atomic mass is 9.62. The summed E-state index contributed by atoms with van der Waals surface area (Å²) in [5.74, 6) is 1.93. The van der Waals surface area contributed by atoms with E-state index in [0.717, 1.165) is 30.4 Å². The molecule has 0 amide bonds. The van der Waals surface area contributed by atoms with E-state index in [9.17, 15) is 15.3 Å². The van der Waals surface area contributed by atoms with Crippen molar-refractivity contribution in [3.05, 3.63) is 34.9 Å². The summed E-state index contributed by atoms with van der Waals surface area (Å²) in [6, 6.07) is 0. The van der Waals surface area contributed by atoms with Crippen LogP contribution in [0.4, 0.5) is 0 Å². The highest BCUT2D eigenvalue weighted by Crippen LogP contribution is 2.58. The van der Waals surface area contributed by atoms with E-state index in [-0.39, 0.29) is 6.61 Å². The first-order chi connectivity index (χ1) is 16.5. The number of allylic oxidation sites excluding steroid dienone is 4. The molecule has 5 heteroatoms. The Hall–Kier alpha value is -0.980. The fraction of sp³-hybridized carbons (Fsp3) is 0.800. The van der Waals surface area contributed by atoms with Gasteiger partial charge in [0, 0.05) is 19.6 Å². The standard InChI is InChI=1S/C30H50O5/c1-20(9-6-15-29(3,4)34)24-13-14-25-22(10-7-16-30(24,25)5)11-12-23-19-26(32)28(27(33)21(23)2)35-18-8-17-31/h10-12,20,24-28,31-34H,6-9,13-19H2,1-5H3/t20-,24+,25-,26+,27-,28+,30+/m0/s1. The Balaban J connectivity index is 1.66. The maximum atomic E-state index is 10.8. The molecule has 3 rings (SSSR count). The third kappa shape index (κ3) is 6.87. The number of hydrogen-bond donors (Lipinski definition) is 4. The van der Waals surface area contributed by atoms with Crippen LogP contribution in [0.3, 0.4) is 0 Å². The Morgan fingerprint density at radius 2 is 1.94 bits per heavy atom. The van der Waals surface area contributed by atoms with Gasteiger partial charge in [0.2, 0.25) is 0 Å². The molecule has 0 heterocycles. The summed E-state index contributed by atoms with van der Waals surface area (Å²) in [4.78, 5) is 0. The fourth-order valence-electron chi connectivity index (χ4n) is 7.07. The van der Waals surface area contributed by atoms with Gasteiger partial charge in [0.1, 0.15) is 12.2 Å². The van der Waals surface area contributed by atoms with Gasteiger partial charge < -0.3 is 25.2 Å². The van der Waals surface area contributed by atoms with E-state index in [1.165, 1.54) is 31.3 Å². The second-order valence-corrected chi connectivity index (χ2v) is 12.3. The predicted octanol–water partition coefficient (Wildman–Crippen LogP) is 5.08. The Labute approximate surface area is 213 Å². The maximum Gasteiger partial charge on any atom is 0.113 e. The molecule has 5 nitrogen and oxygen atoms in total. The number of ether oxygens (including phenoxy) is 1. The van der Waals surface area contributed by atoms with Crippen molar-refractivity contribution < 1.29 is 25.2 Å². The largest absolute Gasteiger partial charge is 0.396 e. The van der Waals surface area contributed by atoms with Gasteiger partial charge in [-0.05, 0) is 99.2 Å². The maximum absolute atomic E-state index is 10.8. The molecule has 0 saturated heterocycles. The summed E-state index contributed by atoms with van der Waals surface area (Å²) >= 11 is 0. The predicted molar refractivity (Wildman–Crippen MR) is 141 cm³/mol. The zero-order valence-electron chi connectivity index (χ0n) is 22.7. The third-order valence-electron chi connectivity index (χ3n) is 9.17. The van der Waals surface area contributed by atoms with Crippen LogP contribution in [0.15, 0.2) is 34.9 Å². The Bertz CT molecular complexity index is 791. The lowest BCUT2D eigenvalue weighted by Crippen LogP contribution is -2.44. The van der Waals surface area contributed by atoms with Gasteiger partial charge in [-0.25, -0.2) is 0 Å². The van der Waals surface area contributed by atoms with Crippen LogP contribution in [-0.4, -0.2) is 57.6 Å². The van der Waals surface area contributed by atoms with E-state index < -0.39 is 23.9 Å². The van der Waals surface area contributed by atoms with Crippen LogP contribution in [0, 0.1) is 23.2 Å². The van der Waals surface area contributed by atoms with E-state index in [1.807, 2.05) is 20.8 Å². The highest BCUT2D eigenvalue weighted by atomic mass is 16.5. The molecule has 0 unspecified atom stereocenters. The lowest BCUT2D eigenvalue weighted by molar-refractivity contribution is -0.0958. The third-order valence-corrected chi connectivity index (χ3v) is 9.17. The van der Waals surface area contributed by atoms with E-state index in [2.05, 4.69) is 32.1 Å². The molecular formula is C30H50O5. The lowest BCUT2D eigenvalue weighted by Gasteiger charge is -2.43. The second-order valence-electron chi connectivity index (χ2n) is 12.3. The number of hydrogen-bond acceptors (Lipinski definition) is 5. The van der Waals surface area contributed by atoms with Crippen molar-refractivity contribution in [1.82, 2.24) is 0 Å². The van der Waals surface area contributed by atoms with Crippen LogP contribution >= 0.6 is 0 Å². The number of rotatable bonds is 11. The SMILES string of the molecule is CC1=C(C=CC2=CCC[C@]3(C)[C@@H]([C@@H](C)CCCC(C)(C)O)CC[C@@H]23)C[C@@H](O)[C@@H](OCCCO)[C@H]1O. The molecule has 3 aliphatic rings. The molecule has 3 aliphatic carbocycles. The van der Waals surface area contributed by atoms with Gasteiger partial charge in [-0.1, -0.05) is 44.9 Å². The number of fused-ring (bicyclic) bond motifs is 1. The van der Waals surface area contributed by atoms with Gasteiger partial charge in [0.15, 0.2) is 0 Å². The molecule has 0 spiro atoms. The topological polar surface area (TPSA) is 90.2 Å². The summed E-state index contributed by atoms with van der Waals surface area (Å²) in [6.07, 6.45) is 13.4. The van der Waals surface area contributed by atoms with E-state index in [0.29, 0.717) is 42.6 Å². The highest BCUT2D eigenvalue weighted by molar-refractivity contribution is 5.38. The normalized spacial score (nSPS) is 34.9. The average molecular weight is 491 g/mol. The molecule has 7 atom stereocenters. The molecule has 0 aromatic heterocycles. The summed E-state index contributed by atoms with van der Waals surface area (Å²) in [5, 5.41) is 40.4. The van der Waals surface area contributed by atoms with Crippen molar-refractivity contribution in [2.24, 2.45) is 23.2 Å². The first-order valence-corrected chi connectivity index (χ1v) is 13.9. The number of aliphatic hydroxyl groups is 4. The molecule has 35 heavy (non-hydrogen) atoms. The van der Waals surface area contributed by atoms with E-state index in [4.69, 9.17) is 9.84 Å². The van der Waals surface area contributed by atoms with Crippen molar-refractivity contribution in [2.75, 3.05) is 13.2 Å². The Morgan fingerprint density at radius 3 is 2.63 bits per heavy atom. The summed E-state index contributed by atoms with van der Waals surface area (Å²) < 4.78 is 5.67. The molecule has 0 aromatic carbocycles. The zero-order chi connectivity index (χ0) is 25.8. The van der Waals surface area contributed by atoms with Gasteiger partial charge >= 0.3 is 0 Å². The van der Waals surface area contributed by atoms with Crippen LogP contribution in [0.25, 0.3) is 0 Å². The van der Waals surface area contributed by atoms with Crippen molar-refractivity contribution in [3.8, 4) is 0 Å². The average Bonchev–Trinajstić information content (AvgIpc) is 3.14.